The van der Waals surface area contributed by atoms with Gasteiger partial charge in [0, 0.05) is 6.04 Å². The van der Waals surface area contributed by atoms with E-state index in [1.807, 2.05) is 0 Å². The summed E-state index contributed by atoms with van der Waals surface area (Å²) in [4.78, 5) is 14.2. The predicted octanol–water partition coefficient (Wildman–Crippen LogP) is 3.10. The topological polar surface area (TPSA) is 41.6 Å². The van der Waals surface area contributed by atoms with E-state index in [1.54, 1.807) is 18.2 Å². The number of likely N-dealkylation sites (tertiary alicyclic amines) is 1. The lowest BCUT2D eigenvalue weighted by molar-refractivity contribution is -0.118. The van der Waals surface area contributed by atoms with Crippen molar-refractivity contribution < 1.29 is 18.3 Å². The highest BCUT2D eigenvalue weighted by atomic mass is 19.3. The van der Waals surface area contributed by atoms with E-state index >= 15 is 0 Å². The molecule has 1 unspecified atom stereocenters. The molecule has 0 saturated carbocycles. The number of hydrogen-bond donors (Lipinski definition) is 1. The first-order valence-corrected chi connectivity index (χ1v) is 7.14. The number of para-hydroxylation sites is 2. The number of carbonyl (C=O) groups excluding carboxylic acids is 1. The Morgan fingerprint density at radius 1 is 1.43 bits per heavy atom. The minimum Gasteiger partial charge on any atom is -0.433 e. The van der Waals surface area contributed by atoms with Crippen LogP contribution >= 0.6 is 0 Å². The summed E-state index contributed by atoms with van der Waals surface area (Å²) in [6.45, 7) is 0.346. The Morgan fingerprint density at radius 2 is 2.19 bits per heavy atom. The minimum atomic E-state index is -2.91. The molecule has 21 heavy (non-hydrogen) atoms. The molecule has 0 aromatic heterocycles. The van der Waals surface area contributed by atoms with E-state index in [0.29, 0.717) is 6.04 Å². The number of nitrogens with zero attached hydrogens (tertiary/aromatic N) is 1. The number of rotatable bonds is 5. The van der Waals surface area contributed by atoms with E-state index in [4.69, 9.17) is 0 Å². The fraction of sp³-hybridized carbons (Fsp3) is 0.533. The van der Waals surface area contributed by atoms with Crippen LogP contribution in [0, 0.1) is 0 Å². The fourth-order valence-electron chi connectivity index (χ4n) is 2.54. The molecule has 1 atom stereocenters. The van der Waals surface area contributed by atoms with Crippen LogP contribution in [0.4, 0.5) is 14.5 Å². The minimum absolute atomic E-state index is 0.0208. The van der Waals surface area contributed by atoms with Crippen molar-refractivity contribution >= 4 is 11.6 Å². The molecule has 0 bridgehead atoms. The van der Waals surface area contributed by atoms with Gasteiger partial charge in [-0.05, 0) is 38.4 Å². The van der Waals surface area contributed by atoms with Crippen molar-refractivity contribution in [3.63, 3.8) is 0 Å². The summed E-state index contributed by atoms with van der Waals surface area (Å²) >= 11 is 0. The summed E-state index contributed by atoms with van der Waals surface area (Å²) in [5.41, 5.74) is 0.271. The highest BCUT2D eigenvalue weighted by molar-refractivity contribution is 5.93. The number of piperidine rings is 1. The molecule has 2 rings (SSSR count). The van der Waals surface area contributed by atoms with Gasteiger partial charge in [-0.25, -0.2) is 0 Å². The van der Waals surface area contributed by atoms with Gasteiger partial charge in [-0.1, -0.05) is 18.6 Å². The van der Waals surface area contributed by atoms with E-state index in [1.165, 1.54) is 12.5 Å². The van der Waals surface area contributed by atoms with Crippen LogP contribution in [0.15, 0.2) is 24.3 Å². The lowest BCUT2D eigenvalue weighted by Gasteiger charge is -2.32. The van der Waals surface area contributed by atoms with Crippen LogP contribution in [0.5, 0.6) is 5.75 Å². The van der Waals surface area contributed by atoms with Crippen molar-refractivity contribution in [3.8, 4) is 5.75 Å². The number of anilines is 1. The van der Waals surface area contributed by atoms with Crippen molar-refractivity contribution in [1.82, 2.24) is 4.90 Å². The number of benzene rings is 1. The molecule has 1 aliphatic heterocycles. The van der Waals surface area contributed by atoms with E-state index in [-0.39, 0.29) is 23.9 Å². The molecular weight excluding hydrogens is 278 g/mol. The number of hydrogen-bond acceptors (Lipinski definition) is 3. The Bertz CT molecular complexity index is 482. The first kappa shape index (κ1) is 15.7. The highest BCUT2D eigenvalue weighted by Gasteiger charge is 2.21. The van der Waals surface area contributed by atoms with Gasteiger partial charge >= 0.3 is 6.61 Å². The molecule has 0 radical (unpaired) electrons. The maximum atomic E-state index is 12.3. The summed E-state index contributed by atoms with van der Waals surface area (Å²) in [5.74, 6) is -0.235. The largest absolute Gasteiger partial charge is 0.433 e. The van der Waals surface area contributed by atoms with E-state index in [0.717, 1.165) is 19.4 Å². The lowest BCUT2D eigenvalue weighted by Crippen LogP contribution is -2.42. The zero-order chi connectivity index (χ0) is 15.2. The molecule has 6 heteroatoms. The second-order valence-corrected chi connectivity index (χ2v) is 5.24. The van der Waals surface area contributed by atoms with Gasteiger partial charge < -0.3 is 10.1 Å². The van der Waals surface area contributed by atoms with Crippen LogP contribution in [0.25, 0.3) is 0 Å². The average Bonchev–Trinajstić information content (AvgIpc) is 2.43. The normalized spacial score (nSPS) is 19.5. The lowest BCUT2D eigenvalue weighted by atomic mass is 10.0. The first-order valence-electron chi connectivity index (χ1n) is 7.14. The number of nitrogens with one attached hydrogen (secondary N) is 1. The van der Waals surface area contributed by atoms with Gasteiger partial charge in [0.1, 0.15) is 5.75 Å². The maximum Gasteiger partial charge on any atom is 0.387 e. The summed E-state index contributed by atoms with van der Waals surface area (Å²) < 4.78 is 29.0. The van der Waals surface area contributed by atoms with Gasteiger partial charge in [0.15, 0.2) is 0 Å². The number of carbonyl (C=O) groups is 1. The van der Waals surface area contributed by atoms with Crippen molar-refractivity contribution in [1.29, 1.82) is 0 Å². The van der Waals surface area contributed by atoms with Gasteiger partial charge in [-0.15, -0.1) is 0 Å². The summed E-state index contributed by atoms with van der Waals surface area (Å²) in [6, 6.07) is 6.58. The molecule has 116 valence electrons. The average molecular weight is 298 g/mol. The van der Waals surface area contributed by atoms with Crippen LogP contribution in [-0.2, 0) is 4.79 Å². The van der Waals surface area contributed by atoms with Crippen LogP contribution in [0.1, 0.15) is 26.2 Å². The summed E-state index contributed by atoms with van der Waals surface area (Å²) in [6.07, 6.45) is 3.35. The van der Waals surface area contributed by atoms with Gasteiger partial charge in [-0.2, -0.15) is 8.78 Å². The van der Waals surface area contributed by atoms with Crippen LogP contribution < -0.4 is 10.1 Å². The van der Waals surface area contributed by atoms with Crippen LogP contribution in [0.3, 0.4) is 0 Å². The number of amides is 1. The zero-order valence-electron chi connectivity index (χ0n) is 12.0. The second kappa shape index (κ2) is 7.36. The maximum absolute atomic E-state index is 12.3. The highest BCUT2D eigenvalue weighted by Crippen LogP contribution is 2.25. The van der Waals surface area contributed by atoms with Gasteiger partial charge in [0.2, 0.25) is 5.91 Å². The smallest absolute Gasteiger partial charge is 0.387 e. The standard InChI is InChI=1S/C15H20F2N2O2/c1-11-6-4-5-9-19(11)10-14(20)18-12-7-2-3-8-13(12)21-15(16)17/h2-3,7-8,11,15H,4-6,9-10H2,1H3,(H,18,20). The number of alkyl halides is 2. The monoisotopic (exact) mass is 298 g/mol. The molecule has 0 spiro atoms. The van der Waals surface area contributed by atoms with Gasteiger partial charge in [-0.3, -0.25) is 9.69 Å². The summed E-state index contributed by atoms with van der Waals surface area (Å²) in [7, 11) is 0. The van der Waals surface area contributed by atoms with E-state index in [2.05, 4.69) is 21.9 Å². The molecule has 1 saturated heterocycles. The Hall–Kier alpha value is -1.69. The Morgan fingerprint density at radius 3 is 2.90 bits per heavy atom. The molecule has 0 aliphatic carbocycles. The third-order valence-electron chi connectivity index (χ3n) is 3.66. The Labute approximate surface area is 123 Å². The molecule has 1 N–H and O–H groups in total. The Balaban J connectivity index is 1.96. The molecule has 1 aliphatic rings. The predicted molar refractivity (Wildman–Crippen MR) is 76.6 cm³/mol. The molecule has 1 aromatic rings. The number of halogens is 2. The van der Waals surface area contributed by atoms with Crippen molar-refractivity contribution in [2.75, 3.05) is 18.4 Å². The fourth-order valence-corrected chi connectivity index (χ4v) is 2.54. The number of ether oxygens (including phenoxy) is 1. The van der Waals surface area contributed by atoms with Gasteiger partial charge in [0.05, 0.1) is 12.2 Å². The van der Waals surface area contributed by atoms with Crippen LogP contribution in [-0.4, -0.2) is 36.5 Å². The van der Waals surface area contributed by atoms with Crippen LogP contribution in [0.2, 0.25) is 0 Å². The molecule has 1 heterocycles. The van der Waals surface area contributed by atoms with Gasteiger partial charge in [0.25, 0.3) is 0 Å². The first-order chi connectivity index (χ1) is 10.1. The Kier molecular flexibility index (Phi) is 5.50. The molecule has 1 aromatic carbocycles. The zero-order valence-corrected chi connectivity index (χ0v) is 12.0. The van der Waals surface area contributed by atoms with Crippen molar-refractivity contribution in [2.45, 2.75) is 38.8 Å². The molecular formula is C15H20F2N2O2. The van der Waals surface area contributed by atoms with Crippen molar-refractivity contribution in [2.24, 2.45) is 0 Å². The second-order valence-electron chi connectivity index (χ2n) is 5.24. The third kappa shape index (κ3) is 4.67. The molecule has 1 amide bonds. The van der Waals surface area contributed by atoms with Crippen molar-refractivity contribution in [3.05, 3.63) is 24.3 Å². The SMILES string of the molecule is CC1CCCCN1CC(=O)Nc1ccccc1OC(F)F. The summed E-state index contributed by atoms with van der Waals surface area (Å²) in [5, 5.41) is 2.64. The van der Waals surface area contributed by atoms with E-state index in [9.17, 15) is 13.6 Å². The third-order valence-corrected chi connectivity index (χ3v) is 3.66. The quantitative estimate of drug-likeness (QED) is 0.908. The van der Waals surface area contributed by atoms with E-state index < -0.39 is 6.61 Å². The molecule has 1 fully saturated rings. The molecule has 4 nitrogen and oxygen atoms in total.